The van der Waals surface area contributed by atoms with E-state index in [1.807, 2.05) is 32.9 Å². The van der Waals surface area contributed by atoms with Crippen molar-refractivity contribution in [2.45, 2.75) is 31.8 Å². The van der Waals surface area contributed by atoms with Crippen LogP contribution in [0.3, 0.4) is 0 Å². The molecule has 0 fully saturated rings. The molecule has 25 heavy (non-hydrogen) atoms. The first-order chi connectivity index (χ1) is 11.7. The number of sulfonamides is 1. The average molecular weight is 383 g/mol. The molecule has 2 aromatic rings. The van der Waals surface area contributed by atoms with Crippen LogP contribution in [0.5, 0.6) is 0 Å². The van der Waals surface area contributed by atoms with Crippen LogP contribution in [0.2, 0.25) is 0 Å². The molecule has 2 rings (SSSR count). The van der Waals surface area contributed by atoms with E-state index in [0.717, 1.165) is 16.7 Å². The molecule has 0 aliphatic heterocycles. The summed E-state index contributed by atoms with van der Waals surface area (Å²) < 4.78 is 27.9. The predicted octanol–water partition coefficient (Wildman–Crippen LogP) is 3.42. The van der Waals surface area contributed by atoms with Crippen LogP contribution >= 0.6 is 11.6 Å². The van der Waals surface area contributed by atoms with Crippen LogP contribution in [-0.2, 0) is 10.0 Å². The quantitative estimate of drug-likeness (QED) is 0.641. The Morgan fingerprint density at radius 2 is 1.64 bits per heavy atom. The molecule has 0 saturated heterocycles. The number of hydrogen-bond donors (Lipinski definition) is 3. The fourth-order valence-electron chi connectivity index (χ4n) is 2.58. The van der Waals surface area contributed by atoms with E-state index >= 15 is 0 Å². The molecule has 0 bridgehead atoms. The number of halogens is 1. The monoisotopic (exact) mass is 382 g/mol. The van der Waals surface area contributed by atoms with Crippen LogP contribution in [0.25, 0.3) is 0 Å². The predicted molar refractivity (Wildman–Crippen MR) is 103 cm³/mol. The number of aliphatic hydroxyl groups excluding tert-OH is 1. The van der Waals surface area contributed by atoms with Crippen molar-refractivity contribution in [2.24, 2.45) is 0 Å². The molecular formula is C18H23ClN2O3S. The van der Waals surface area contributed by atoms with Gasteiger partial charge in [0.1, 0.15) is 0 Å². The second-order valence-corrected chi connectivity index (χ2v) is 8.08. The first kappa shape index (κ1) is 19.6. The third-order valence-electron chi connectivity index (χ3n) is 3.80. The molecule has 0 saturated carbocycles. The fraction of sp³-hybridized carbons (Fsp3) is 0.333. The van der Waals surface area contributed by atoms with E-state index in [4.69, 9.17) is 11.6 Å². The maximum absolute atomic E-state index is 12.6. The fourth-order valence-corrected chi connectivity index (χ4v) is 3.89. The lowest BCUT2D eigenvalue weighted by atomic mass is 10.1. The van der Waals surface area contributed by atoms with Crippen molar-refractivity contribution >= 4 is 33.0 Å². The van der Waals surface area contributed by atoms with Crippen LogP contribution < -0.4 is 10.0 Å². The van der Waals surface area contributed by atoms with Gasteiger partial charge in [0, 0.05) is 12.2 Å². The van der Waals surface area contributed by atoms with Crippen LogP contribution in [0, 0.1) is 20.8 Å². The molecule has 0 spiro atoms. The zero-order chi connectivity index (χ0) is 18.6. The minimum absolute atomic E-state index is 0.138. The van der Waals surface area contributed by atoms with E-state index in [2.05, 4.69) is 10.0 Å². The number of nitrogens with one attached hydrogen (secondary N) is 2. The first-order valence-electron chi connectivity index (χ1n) is 7.91. The Morgan fingerprint density at radius 3 is 2.16 bits per heavy atom. The highest BCUT2D eigenvalue weighted by molar-refractivity contribution is 7.92. The van der Waals surface area contributed by atoms with E-state index in [0.29, 0.717) is 17.9 Å². The van der Waals surface area contributed by atoms with Gasteiger partial charge in [-0.05, 0) is 56.2 Å². The van der Waals surface area contributed by atoms with Crippen LogP contribution in [0.1, 0.15) is 16.7 Å². The van der Waals surface area contributed by atoms with Crippen molar-refractivity contribution in [1.82, 2.24) is 0 Å². The highest BCUT2D eigenvalue weighted by Crippen LogP contribution is 2.25. The maximum Gasteiger partial charge on any atom is 0.261 e. The number of aliphatic hydroxyl groups is 1. The first-order valence-corrected chi connectivity index (χ1v) is 9.93. The Kier molecular flexibility index (Phi) is 6.32. The van der Waals surface area contributed by atoms with Crippen LogP contribution in [0.15, 0.2) is 41.3 Å². The normalized spacial score (nSPS) is 12.7. The van der Waals surface area contributed by atoms with Gasteiger partial charge in [0.25, 0.3) is 10.0 Å². The zero-order valence-corrected chi connectivity index (χ0v) is 16.1. The van der Waals surface area contributed by atoms with E-state index in [1.54, 1.807) is 12.1 Å². The minimum atomic E-state index is -3.67. The van der Waals surface area contributed by atoms with Gasteiger partial charge in [-0.2, -0.15) is 0 Å². The molecule has 0 radical (unpaired) electrons. The summed E-state index contributed by atoms with van der Waals surface area (Å²) in [4.78, 5) is 0.176. The molecular weight excluding hydrogens is 360 g/mol. The van der Waals surface area contributed by atoms with E-state index < -0.39 is 16.1 Å². The summed E-state index contributed by atoms with van der Waals surface area (Å²) in [5, 5.41) is 12.4. The molecule has 2 aromatic carbocycles. The number of rotatable bonds is 7. The number of hydrogen-bond acceptors (Lipinski definition) is 4. The maximum atomic E-state index is 12.6. The second kappa shape index (κ2) is 8.08. The van der Waals surface area contributed by atoms with Gasteiger partial charge in [-0.3, -0.25) is 4.72 Å². The van der Waals surface area contributed by atoms with E-state index in [-0.39, 0.29) is 10.8 Å². The SMILES string of the molecule is Cc1cc(C)c(NS(=O)(=O)c2ccc(NCC(O)CCl)cc2)c(C)c1. The lowest BCUT2D eigenvalue weighted by Crippen LogP contribution is -2.20. The molecule has 0 aliphatic carbocycles. The van der Waals surface area contributed by atoms with Crippen LogP contribution in [0.4, 0.5) is 11.4 Å². The van der Waals surface area contributed by atoms with Gasteiger partial charge in [-0.25, -0.2) is 8.42 Å². The van der Waals surface area contributed by atoms with Gasteiger partial charge in [0.05, 0.1) is 22.6 Å². The molecule has 5 nitrogen and oxygen atoms in total. The molecule has 7 heteroatoms. The third-order valence-corrected chi connectivity index (χ3v) is 5.52. The number of aryl methyl sites for hydroxylation is 3. The summed E-state index contributed by atoms with van der Waals surface area (Å²) in [6, 6.07) is 10.3. The minimum Gasteiger partial charge on any atom is -0.390 e. The lowest BCUT2D eigenvalue weighted by molar-refractivity contribution is 0.211. The standard InChI is InChI=1S/C18H23ClN2O3S/c1-12-8-13(2)18(14(3)9-12)21-25(23,24)17-6-4-15(5-7-17)20-11-16(22)10-19/h4-9,16,20-22H,10-11H2,1-3H3. The largest absolute Gasteiger partial charge is 0.390 e. The van der Waals surface area contributed by atoms with Gasteiger partial charge in [0.15, 0.2) is 0 Å². The Bertz CT molecular complexity index is 813. The summed E-state index contributed by atoms with van der Waals surface area (Å²) in [7, 11) is -3.67. The Balaban J connectivity index is 2.17. The molecule has 0 amide bonds. The number of alkyl halides is 1. The lowest BCUT2D eigenvalue weighted by Gasteiger charge is -2.15. The second-order valence-electron chi connectivity index (χ2n) is 6.09. The van der Waals surface area contributed by atoms with E-state index in [9.17, 15) is 13.5 Å². The molecule has 136 valence electrons. The Morgan fingerprint density at radius 1 is 1.08 bits per heavy atom. The highest BCUT2D eigenvalue weighted by atomic mass is 35.5. The number of benzene rings is 2. The van der Waals surface area contributed by atoms with Gasteiger partial charge < -0.3 is 10.4 Å². The molecule has 1 atom stereocenters. The summed E-state index contributed by atoms with van der Waals surface area (Å²) in [6.07, 6.45) is -0.653. The summed E-state index contributed by atoms with van der Waals surface area (Å²) in [5.41, 5.74) is 4.18. The zero-order valence-electron chi connectivity index (χ0n) is 14.5. The average Bonchev–Trinajstić information content (AvgIpc) is 2.56. The summed E-state index contributed by atoms with van der Waals surface area (Å²) in [6.45, 7) is 6.04. The van der Waals surface area contributed by atoms with Gasteiger partial charge >= 0.3 is 0 Å². The van der Waals surface area contributed by atoms with Crippen LogP contribution in [-0.4, -0.2) is 32.1 Å². The summed E-state index contributed by atoms with van der Waals surface area (Å²) in [5.74, 6) is 0.138. The van der Waals surface area contributed by atoms with Crippen molar-refractivity contribution in [3.63, 3.8) is 0 Å². The Hall–Kier alpha value is -1.76. The smallest absolute Gasteiger partial charge is 0.261 e. The third kappa shape index (κ3) is 5.11. The highest BCUT2D eigenvalue weighted by Gasteiger charge is 2.17. The number of anilines is 2. The molecule has 3 N–H and O–H groups in total. The van der Waals surface area contributed by atoms with Crippen molar-refractivity contribution in [3.05, 3.63) is 53.1 Å². The molecule has 0 heterocycles. The van der Waals surface area contributed by atoms with Gasteiger partial charge in [-0.15, -0.1) is 11.6 Å². The van der Waals surface area contributed by atoms with Crippen molar-refractivity contribution in [2.75, 3.05) is 22.5 Å². The van der Waals surface area contributed by atoms with Gasteiger partial charge in [0.2, 0.25) is 0 Å². The van der Waals surface area contributed by atoms with Crippen molar-refractivity contribution in [3.8, 4) is 0 Å². The molecule has 1 unspecified atom stereocenters. The van der Waals surface area contributed by atoms with Crippen molar-refractivity contribution < 1.29 is 13.5 Å². The summed E-state index contributed by atoms with van der Waals surface area (Å²) >= 11 is 5.54. The molecule has 0 aromatic heterocycles. The Labute approximate surface area is 154 Å². The topological polar surface area (TPSA) is 78.4 Å². The van der Waals surface area contributed by atoms with Crippen molar-refractivity contribution in [1.29, 1.82) is 0 Å². The molecule has 0 aliphatic rings. The van der Waals surface area contributed by atoms with E-state index in [1.165, 1.54) is 12.1 Å². The van der Waals surface area contributed by atoms with Gasteiger partial charge in [-0.1, -0.05) is 17.7 Å².